The zero-order valence-corrected chi connectivity index (χ0v) is 20.2. The molecule has 0 bridgehead atoms. The highest BCUT2D eigenvalue weighted by atomic mass is 32.1. The van der Waals surface area contributed by atoms with Crippen LogP contribution in [0.15, 0.2) is 59.4 Å². The third kappa shape index (κ3) is 6.19. The van der Waals surface area contributed by atoms with Crippen molar-refractivity contribution in [3.8, 4) is 0 Å². The fourth-order valence-electron chi connectivity index (χ4n) is 4.12. The van der Waals surface area contributed by atoms with Crippen molar-refractivity contribution in [1.29, 1.82) is 0 Å². The van der Waals surface area contributed by atoms with Gasteiger partial charge >= 0.3 is 0 Å². The van der Waals surface area contributed by atoms with Crippen LogP contribution in [0.5, 0.6) is 0 Å². The maximum absolute atomic E-state index is 12.9. The van der Waals surface area contributed by atoms with E-state index in [1.165, 1.54) is 5.56 Å². The summed E-state index contributed by atoms with van der Waals surface area (Å²) < 4.78 is 5.48. The van der Waals surface area contributed by atoms with Crippen LogP contribution in [-0.4, -0.2) is 59.3 Å². The van der Waals surface area contributed by atoms with Gasteiger partial charge in [-0.1, -0.05) is 42.5 Å². The van der Waals surface area contributed by atoms with E-state index in [0.29, 0.717) is 17.2 Å². The third-order valence-corrected chi connectivity index (χ3v) is 6.53. The van der Waals surface area contributed by atoms with Crippen LogP contribution in [0.25, 0.3) is 10.9 Å². The second kappa shape index (κ2) is 10.9. The zero-order valence-electron chi connectivity index (χ0n) is 19.3. The summed E-state index contributed by atoms with van der Waals surface area (Å²) in [4.78, 5) is 20.4. The first-order chi connectivity index (χ1) is 16.0. The molecular formula is C26H32N4O2S. The van der Waals surface area contributed by atoms with Gasteiger partial charge in [-0.2, -0.15) is 0 Å². The number of aromatic nitrogens is 1. The molecule has 2 N–H and O–H groups in total. The number of hydrogen-bond donors (Lipinski definition) is 2. The van der Waals surface area contributed by atoms with Crippen LogP contribution < -0.4 is 10.9 Å². The van der Waals surface area contributed by atoms with Gasteiger partial charge in [0.05, 0.1) is 25.8 Å². The van der Waals surface area contributed by atoms with Crippen molar-refractivity contribution < 1.29 is 4.74 Å². The number of nitrogens with zero attached hydrogens (tertiary/aromatic N) is 2. The normalized spacial score (nSPS) is 15.3. The quantitative estimate of drug-likeness (QED) is 0.521. The number of ether oxygens (including phenoxy) is 1. The standard InChI is InChI=1S/C26H32N4O2S/c1-19-8-9-22-17-23(25(31)28-24(22)16-19)18-30(11-10-29-12-14-32-15-13-29)26(33)27-20(2)21-6-4-3-5-7-21/h3-9,16-17,20H,10-15,18H2,1-2H3,(H,27,33)(H,28,31). The monoisotopic (exact) mass is 464 g/mol. The lowest BCUT2D eigenvalue weighted by Crippen LogP contribution is -2.46. The van der Waals surface area contributed by atoms with Gasteiger partial charge in [0, 0.05) is 37.3 Å². The highest BCUT2D eigenvalue weighted by Gasteiger charge is 2.18. The number of benzene rings is 2. The fourth-order valence-corrected chi connectivity index (χ4v) is 4.46. The number of aryl methyl sites for hydroxylation is 1. The van der Waals surface area contributed by atoms with Crippen molar-refractivity contribution in [2.75, 3.05) is 39.4 Å². The minimum atomic E-state index is -0.0663. The molecular weight excluding hydrogens is 432 g/mol. The molecule has 1 saturated heterocycles. The molecule has 0 aliphatic carbocycles. The summed E-state index contributed by atoms with van der Waals surface area (Å²) in [7, 11) is 0. The molecule has 1 aromatic heterocycles. The van der Waals surface area contributed by atoms with Crippen molar-refractivity contribution in [2.24, 2.45) is 0 Å². The van der Waals surface area contributed by atoms with E-state index in [4.69, 9.17) is 17.0 Å². The van der Waals surface area contributed by atoms with E-state index in [-0.39, 0.29) is 11.6 Å². The second-order valence-corrected chi connectivity index (χ2v) is 9.06. The van der Waals surface area contributed by atoms with Gasteiger partial charge in [0.1, 0.15) is 0 Å². The van der Waals surface area contributed by atoms with E-state index in [1.54, 1.807) is 0 Å². The van der Waals surface area contributed by atoms with Crippen LogP contribution in [0, 0.1) is 6.92 Å². The van der Waals surface area contributed by atoms with Gasteiger partial charge in [-0.3, -0.25) is 9.69 Å². The fraction of sp³-hybridized carbons (Fsp3) is 0.385. The maximum atomic E-state index is 12.9. The first kappa shape index (κ1) is 23.4. The van der Waals surface area contributed by atoms with Crippen molar-refractivity contribution in [3.05, 3.63) is 81.6 Å². The molecule has 7 heteroatoms. The van der Waals surface area contributed by atoms with Crippen molar-refractivity contribution in [1.82, 2.24) is 20.1 Å². The van der Waals surface area contributed by atoms with E-state index >= 15 is 0 Å². The molecule has 2 heterocycles. The Balaban J connectivity index is 1.53. The van der Waals surface area contributed by atoms with Gasteiger partial charge in [0.15, 0.2) is 5.11 Å². The van der Waals surface area contributed by atoms with E-state index in [9.17, 15) is 4.79 Å². The molecule has 1 unspecified atom stereocenters. The van der Waals surface area contributed by atoms with E-state index in [0.717, 1.165) is 55.9 Å². The minimum Gasteiger partial charge on any atom is -0.379 e. The molecule has 6 nitrogen and oxygen atoms in total. The van der Waals surface area contributed by atoms with Crippen LogP contribution in [0.3, 0.4) is 0 Å². The summed E-state index contributed by atoms with van der Waals surface area (Å²) in [6, 6.07) is 18.4. The van der Waals surface area contributed by atoms with Gasteiger partial charge in [-0.15, -0.1) is 0 Å². The Morgan fingerprint density at radius 2 is 1.94 bits per heavy atom. The highest BCUT2D eigenvalue weighted by Crippen LogP contribution is 2.16. The number of pyridine rings is 1. The first-order valence-corrected chi connectivity index (χ1v) is 11.9. The lowest BCUT2D eigenvalue weighted by molar-refractivity contribution is 0.0357. The van der Waals surface area contributed by atoms with Gasteiger partial charge < -0.3 is 19.9 Å². The second-order valence-electron chi connectivity index (χ2n) is 8.67. The smallest absolute Gasteiger partial charge is 0.253 e. The number of fused-ring (bicyclic) bond motifs is 1. The lowest BCUT2D eigenvalue weighted by Gasteiger charge is -2.32. The Labute approximate surface area is 200 Å². The molecule has 1 atom stereocenters. The van der Waals surface area contributed by atoms with E-state index in [2.05, 4.69) is 51.3 Å². The average molecular weight is 465 g/mol. The Kier molecular flexibility index (Phi) is 7.75. The van der Waals surface area contributed by atoms with Gasteiger partial charge in [-0.05, 0) is 54.7 Å². The van der Waals surface area contributed by atoms with Crippen LogP contribution >= 0.6 is 12.2 Å². The van der Waals surface area contributed by atoms with Crippen LogP contribution in [0.1, 0.15) is 29.7 Å². The van der Waals surface area contributed by atoms with Crippen molar-refractivity contribution in [2.45, 2.75) is 26.4 Å². The van der Waals surface area contributed by atoms with E-state index < -0.39 is 0 Å². The molecule has 174 valence electrons. The minimum absolute atomic E-state index is 0.0663. The zero-order chi connectivity index (χ0) is 23.2. The van der Waals surface area contributed by atoms with Gasteiger partial charge in [0.25, 0.3) is 5.56 Å². The number of aromatic amines is 1. The SMILES string of the molecule is Cc1ccc2cc(CN(CCN3CCOCC3)C(=S)NC(C)c3ccccc3)c(=O)[nH]c2c1. The summed E-state index contributed by atoms with van der Waals surface area (Å²) in [5, 5.41) is 5.15. The number of morpholine rings is 1. The molecule has 1 aliphatic rings. The molecule has 33 heavy (non-hydrogen) atoms. The lowest BCUT2D eigenvalue weighted by atomic mass is 10.1. The molecule has 0 spiro atoms. The Bertz CT molecular complexity index is 1140. The molecule has 1 fully saturated rings. The number of thiocarbonyl (C=S) groups is 1. The predicted octanol–water partition coefficient (Wildman–Crippen LogP) is 3.61. The molecule has 0 saturated carbocycles. The number of hydrogen-bond acceptors (Lipinski definition) is 4. The Morgan fingerprint density at radius 1 is 1.18 bits per heavy atom. The summed E-state index contributed by atoms with van der Waals surface area (Å²) >= 11 is 5.83. The highest BCUT2D eigenvalue weighted by molar-refractivity contribution is 7.80. The summed E-state index contributed by atoms with van der Waals surface area (Å²) in [5.74, 6) is 0. The summed E-state index contributed by atoms with van der Waals surface area (Å²) in [6.45, 7) is 9.55. The molecule has 3 aromatic rings. The van der Waals surface area contributed by atoms with Crippen molar-refractivity contribution >= 4 is 28.2 Å². The Hall–Kier alpha value is -2.74. The summed E-state index contributed by atoms with van der Waals surface area (Å²) in [5.41, 5.74) is 3.81. The van der Waals surface area contributed by atoms with Crippen LogP contribution in [0.4, 0.5) is 0 Å². The van der Waals surface area contributed by atoms with Gasteiger partial charge in [0.2, 0.25) is 0 Å². The van der Waals surface area contributed by atoms with Crippen LogP contribution in [-0.2, 0) is 11.3 Å². The van der Waals surface area contributed by atoms with Gasteiger partial charge in [-0.25, -0.2) is 0 Å². The van der Waals surface area contributed by atoms with Crippen LogP contribution in [0.2, 0.25) is 0 Å². The predicted molar refractivity (Wildman–Crippen MR) is 138 cm³/mol. The third-order valence-electron chi connectivity index (χ3n) is 6.16. The largest absolute Gasteiger partial charge is 0.379 e. The molecule has 0 radical (unpaired) electrons. The summed E-state index contributed by atoms with van der Waals surface area (Å²) in [6.07, 6.45) is 0. The number of rotatable bonds is 7. The maximum Gasteiger partial charge on any atom is 0.253 e. The van der Waals surface area contributed by atoms with E-state index in [1.807, 2.05) is 37.3 Å². The molecule has 1 aliphatic heterocycles. The molecule has 4 rings (SSSR count). The number of nitrogens with one attached hydrogen (secondary N) is 2. The topological polar surface area (TPSA) is 60.6 Å². The first-order valence-electron chi connectivity index (χ1n) is 11.5. The molecule has 2 aromatic carbocycles. The average Bonchev–Trinajstić information content (AvgIpc) is 2.83. The number of H-pyrrole nitrogens is 1. The Morgan fingerprint density at radius 3 is 2.70 bits per heavy atom. The molecule has 0 amide bonds. The van der Waals surface area contributed by atoms with Crippen molar-refractivity contribution in [3.63, 3.8) is 0 Å².